The number of benzene rings is 2. The molecule has 3 rings (SSSR count). The average Bonchev–Trinajstić information content (AvgIpc) is 3.17. The van der Waals surface area contributed by atoms with Crippen LogP contribution < -0.4 is 10.2 Å². The topological polar surface area (TPSA) is 89.9 Å². The summed E-state index contributed by atoms with van der Waals surface area (Å²) in [5.41, 5.74) is 3.01. The monoisotopic (exact) mass is 414 g/mol. The maximum Gasteiger partial charge on any atom is 0.326 e. The van der Waals surface area contributed by atoms with Crippen LogP contribution in [0.3, 0.4) is 0 Å². The molecule has 1 amide bonds. The van der Waals surface area contributed by atoms with E-state index in [1.54, 1.807) is 17.8 Å². The lowest BCUT2D eigenvalue weighted by molar-refractivity contribution is -0.139. The van der Waals surface area contributed by atoms with Crippen molar-refractivity contribution in [3.63, 3.8) is 0 Å². The predicted octanol–water partition coefficient (Wildman–Crippen LogP) is 2.86. The summed E-state index contributed by atoms with van der Waals surface area (Å²) < 4.78 is 0. The largest absolute Gasteiger partial charge is 0.480 e. The molecule has 1 saturated heterocycles. The standard InChI is InChI=1S/C22H26N2O4S/c1-29-12-10-20(22(27)28)23-21(26)18-8-7-16(24-11-9-17(25)14-24)13-19(18)15-5-3-2-4-6-15/h2-8,13,17,20,25H,9-12,14H2,1H3,(H,23,26)(H,27,28)/t17?,20-/m0/s1. The lowest BCUT2D eigenvalue weighted by atomic mass is 9.97. The first-order valence-electron chi connectivity index (χ1n) is 9.64. The Morgan fingerprint density at radius 2 is 2.00 bits per heavy atom. The zero-order valence-corrected chi connectivity index (χ0v) is 17.2. The summed E-state index contributed by atoms with van der Waals surface area (Å²) in [6.07, 6.45) is 2.65. The SMILES string of the molecule is CSCC[C@H](NC(=O)c1ccc(N2CCC(O)C2)cc1-c1ccccc1)C(=O)O. The maximum absolute atomic E-state index is 13.0. The number of hydrogen-bond donors (Lipinski definition) is 3. The molecule has 2 atom stereocenters. The third-order valence-corrected chi connectivity index (χ3v) is 5.72. The number of nitrogens with one attached hydrogen (secondary N) is 1. The number of aliphatic hydroxyl groups excluding tert-OH is 1. The van der Waals surface area contributed by atoms with Crippen molar-refractivity contribution >= 4 is 29.3 Å². The molecule has 2 aromatic rings. The molecule has 2 aromatic carbocycles. The van der Waals surface area contributed by atoms with Gasteiger partial charge in [0.15, 0.2) is 0 Å². The molecule has 0 spiro atoms. The summed E-state index contributed by atoms with van der Waals surface area (Å²) in [5, 5.41) is 22.0. The number of nitrogens with zero attached hydrogens (tertiary/aromatic N) is 1. The van der Waals surface area contributed by atoms with Crippen LogP contribution in [-0.4, -0.2) is 59.3 Å². The summed E-state index contributed by atoms with van der Waals surface area (Å²) in [4.78, 5) is 26.6. The van der Waals surface area contributed by atoms with E-state index in [1.807, 2.05) is 48.7 Å². The van der Waals surface area contributed by atoms with Gasteiger partial charge in [-0.2, -0.15) is 11.8 Å². The number of carbonyl (C=O) groups is 2. The number of thioether (sulfide) groups is 1. The van der Waals surface area contributed by atoms with E-state index in [4.69, 9.17) is 0 Å². The fourth-order valence-corrected chi connectivity index (χ4v) is 3.96. The number of aliphatic carboxylic acids is 1. The third-order valence-electron chi connectivity index (χ3n) is 5.08. The molecule has 7 heteroatoms. The predicted molar refractivity (Wildman–Crippen MR) is 117 cm³/mol. The maximum atomic E-state index is 13.0. The molecule has 1 aliphatic rings. The summed E-state index contributed by atoms with van der Waals surface area (Å²) in [6, 6.07) is 14.2. The molecule has 1 fully saturated rings. The first-order valence-corrected chi connectivity index (χ1v) is 11.0. The van der Waals surface area contributed by atoms with Gasteiger partial charge >= 0.3 is 5.97 Å². The van der Waals surface area contributed by atoms with Crippen molar-refractivity contribution in [1.82, 2.24) is 5.32 Å². The molecule has 0 saturated carbocycles. The summed E-state index contributed by atoms with van der Waals surface area (Å²) in [6.45, 7) is 1.33. The highest BCUT2D eigenvalue weighted by molar-refractivity contribution is 7.98. The van der Waals surface area contributed by atoms with Crippen molar-refractivity contribution in [1.29, 1.82) is 0 Å². The fourth-order valence-electron chi connectivity index (χ4n) is 3.49. The summed E-state index contributed by atoms with van der Waals surface area (Å²) >= 11 is 1.55. The first-order chi connectivity index (χ1) is 14.0. The number of carbonyl (C=O) groups excluding carboxylic acids is 1. The molecule has 1 aliphatic heterocycles. The van der Waals surface area contributed by atoms with Crippen molar-refractivity contribution in [2.75, 3.05) is 30.0 Å². The van der Waals surface area contributed by atoms with Gasteiger partial charge in [-0.1, -0.05) is 30.3 Å². The van der Waals surface area contributed by atoms with E-state index < -0.39 is 17.9 Å². The molecule has 0 aromatic heterocycles. The number of anilines is 1. The Balaban J connectivity index is 1.92. The summed E-state index contributed by atoms with van der Waals surface area (Å²) in [7, 11) is 0. The molecule has 29 heavy (non-hydrogen) atoms. The Morgan fingerprint density at radius 1 is 1.24 bits per heavy atom. The van der Waals surface area contributed by atoms with Crippen LogP contribution >= 0.6 is 11.8 Å². The molecule has 0 radical (unpaired) electrons. The normalized spacial score (nSPS) is 17.2. The van der Waals surface area contributed by atoms with Crippen LogP contribution in [0.15, 0.2) is 48.5 Å². The number of hydrogen-bond acceptors (Lipinski definition) is 5. The van der Waals surface area contributed by atoms with E-state index in [0.717, 1.165) is 29.8 Å². The average molecular weight is 415 g/mol. The second-order valence-electron chi connectivity index (χ2n) is 7.13. The quantitative estimate of drug-likeness (QED) is 0.615. The van der Waals surface area contributed by atoms with Gasteiger partial charge in [-0.15, -0.1) is 0 Å². The van der Waals surface area contributed by atoms with Gasteiger partial charge in [-0.3, -0.25) is 4.79 Å². The second kappa shape index (κ2) is 9.80. The molecule has 6 nitrogen and oxygen atoms in total. The minimum atomic E-state index is -1.03. The fraction of sp³-hybridized carbons (Fsp3) is 0.364. The lowest BCUT2D eigenvalue weighted by Crippen LogP contribution is -2.41. The number of carboxylic acid groups (broad SMARTS) is 1. The molecule has 0 bridgehead atoms. The number of amides is 1. The molecular formula is C22H26N2O4S. The van der Waals surface area contributed by atoms with Crippen LogP contribution in [0.25, 0.3) is 11.1 Å². The van der Waals surface area contributed by atoms with Gasteiger partial charge in [0.25, 0.3) is 5.91 Å². The molecule has 1 heterocycles. The van der Waals surface area contributed by atoms with Crippen molar-refractivity contribution in [3.8, 4) is 11.1 Å². The Hall–Kier alpha value is -2.51. The minimum Gasteiger partial charge on any atom is -0.480 e. The van der Waals surface area contributed by atoms with Gasteiger partial charge in [0.05, 0.1) is 6.10 Å². The van der Waals surface area contributed by atoms with Crippen LogP contribution in [0.1, 0.15) is 23.2 Å². The third kappa shape index (κ3) is 5.31. The molecule has 0 aliphatic carbocycles. The van der Waals surface area contributed by atoms with Crippen LogP contribution in [0, 0.1) is 0 Å². The number of carboxylic acids is 1. The van der Waals surface area contributed by atoms with E-state index in [1.165, 1.54) is 0 Å². The van der Waals surface area contributed by atoms with E-state index in [-0.39, 0.29) is 6.10 Å². The van der Waals surface area contributed by atoms with Crippen LogP contribution in [0.2, 0.25) is 0 Å². The Bertz CT molecular complexity index is 859. The highest BCUT2D eigenvalue weighted by atomic mass is 32.2. The Labute approximate surface area is 174 Å². The number of β-amino-alcohol motifs (C(OH)–C–C–N with tert-alkyl or cyclic N) is 1. The van der Waals surface area contributed by atoms with Crippen LogP contribution in [0.4, 0.5) is 5.69 Å². The van der Waals surface area contributed by atoms with Gasteiger partial charge < -0.3 is 20.4 Å². The smallest absolute Gasteiger partial charge is 0.326 e. The van der Waals surface area contributed by atoms with Crippen molar-refractivity contribution < 1.29 is 19.8 Å². The first kappa shape index (κ1) is 21.2. The lowest BCUT2D eigenvalue weighted by Gasteiger charge is -2.21. The molecule has 154 valence electrons. The molecule has 3 N–H and O–H groups in total. The van der Waals surface area contributed by atoms with E-state index >= 15 is 0 Å². The number of aliphatic hydroxyl groups is 1. The van der Waals surface area contributed by atoms with Gasteiger partial charge in [0.2, 0.25) is 0 Å². The van der Waals surface area contributed by atoms with E-state index in [2.05, 4.69) is 10.2 Å². The highest BCUT2D eigenvalue weighted by Crippen LogP contribution is 2.30. The minimum absolute atomic E-state index is 0.342. The van der Waals surface area contributed by atoms with Gasteiger partial charge in [-0.05, 0) is 54.2 Å². The van der Waals surface area contributed by atoms with Crippen LogP contribution in [0.5, 0.6) is 0 Å². The van der Waals surface area contributed by atoms with Crippen molar-refractivity contribution in [2.24, 2.45) is 0 Å². The summed E-state index contributed by atoms with van der Waals surface area (Å²) in [5.74, 6) is -0.777. The second-order valence-corrected chi connectivity index (χ2v) is 8.12. The number of rotatable bonds is 8. The van der Waals surface area contributed by atoms with Gasteiger partial charge in [0, 0.05) is 24.3 Å². The highest BCUT2D eigenvalue weighted by Gasteiger charge is 2.24. The van der Waals surface area contributed by atoms with Gasteiger partial charge in [-0.25, -0.2) is 4.79 Å². The van der Waals surface area contributed by atoms with Gasteiger partial charge in [0.1, 0.15) is 6.04 Å². The molecular weight excluding hydrogens is 388 g/mol. The van der Waals surface area contributed by atoms with E-state index in [0.29, 0.717) is 24.3 Å². The molecule has 1 unspecified atom stereocenters. The zero-order valence-electron chi connectivity index (χ0n) is 16.4. The van der Waals surface area contributed by atoms with Crippen LogP contribution in [-0.2, 0) is 4.79 Å². The van der Waals surface area contributed by atoms with Crippen molar-refractivity contribution in [2.45, 2.75) is 25.0 Å². The van der Waals surface area contributed by atoms with E-state index in [9.17, 15) is 19.8 Å². The zero-order chi connectivity index (χ0) is 20.8. The Kier molecular flexibility index (Phi) is 7.17. The Morgan fingerprint density at radius 3 is 2.62 bits per heavy atom. The van der Waals surface area contributed by atoms with Crippen molar-refractivity contribution in [3.05, 3.63) is 54.1 Å².